The molecule has 3 aliphatic heterocycles. The van der Waals surface area contributed by atoms with Crippen LogP contribution in [-0.4, -0.2) is 74.0 Å². The molecular weight excluding hydrogens is 451 g/mol. The fourth-order valence-corrected chi connectivity index (χ4v) is 5.60. The minimum absolute atomic E-state index is 0.113. The molecule has 1 spiro atoms. The molecule has 2 amide bonds. The zero-order valence-corrected chi connectivity index (χ0v) is 19.7. The first-order valence-electron chi connectivity index (χ1n) is 11.9. The molecule has 10 heteroatoms. The van der Waals surface area contributed by atoms with E-state index in [0.717, 1.165) is 50.9 Å². The lowest BCUT2D eigenvalue weighted by molar-refractivity contribution is -0.274. The molecule has 188 valence electrons. The van der Waals surface area contributed by atoms with E-state index in [-0.39, 0.29) is 23.2 Å². The van der Waals surface area contributed by atoms with Crippen LogP contribution >= 0.6 is 0 Å². The quantitative estimate of drug-likeness (QED) is 0.644. The van der Waals surface area contributed by atoms with Crippen LogP contribution in [-0.2, 0) is 14.9 Å². The van der Waals surface area contributed by atoms with Gasteiger partial charge in [0.05, 0.1) is 6.61 Å². The molecule has 0 aliphatic carbocycles. The Morgan fingerprint density at radius 3 is 2.38 bits per heavy atom. The number of nitrogens with zero attached hydrogens (tertiary/aromatic N) is 3. The van der Waals surface area contributed by atoms with E-state index in [1.54, 1.807) is 22.8 Å². The lowest BCUT2D eigenvalue weighted by atomic mass is 9.74. The number of hydrogen-bond donors (Lipinski definition) is 0. The number of halogens is 3. The van der Waals surface area contributed by atoms with Gasteiger partial charge in [-0.3, -0.25) is 4.79 Å². The summed E-state index contributed by atoms with van der Waals surface area (Å²) in [5, 5.41) is 0. The molecule has 0 aromatic heterocycles. The molecule has 0 radical (unpaired) electrons. The number of likely N-dealkylation sites (tertiary alicyclic amines) is 2. The fraction of sp³-hybridized carbons (Fsp3) is 0.667. The number of benzene rings is 1. The van der Waals surface area contributed by atoms with Crippen LogP contribution in [0.1, 0.15) is 45.1 Å². The lowest BCUT2D eigenvalue weighted by Crippen LogP contribution is -2.48. The van der Waals surface area contributed by atoms with Crippen molar-refractivity contribution in [3.63, 3.8) is 0 Å². The first kappa shape index (κ1) is 24.6. The number of hydrogen-bond acceptors (Lipinski definition) is 5. The molecule has 0 atom stereocenters. The molecule has 7 nitrogen and oxygen atoms in total. The highest BCUT2D eigenvalue weighted by Gasteiger charge is 2.46. The summed E-state index contributed by atoms with van der Waals surface area (Å²) in [5.41, 5.74) is 1.09. The second-order valence-electron chi connectivity index (χ2n) is 9.54. The van der Waals surface area contributed by atoms with E-state index in [0.29, 0.717) is 37.8 Å². The number of ether oxygens (including phenoxy) is 2. The predicted molar refractivity (Wildman–Crippen MR) is 120 cm³/mol. The molecule has 34 heavy (non-hydrogen) atoms. The monoisotopic (exact) mass is 483 g/mol. The van der Waals surface area contributed by atoms with Crippen molar-refractivity contribution in [2.45, 2.75) is 51.3 Å². The molecule has 0 bridgehead atoms. The van der Waals surface area contributed by atoms with E-state index in [1.165, 1.54) is 19.1 Å². The molecule has 0 N–H and O–H groups in total. The Bertz CT molecular complexity index is 907. The van der Waals surface area contributed by atoms with Gasteiger partial charge in [-0.15, -0.1) is 13.2 Å². The van der Waals surface area contributed by atoms with Crippen LogP contribution in [0.4, 0.5) is 23.7 Å². The Morgan fingerprint density at radius 1 is 1.12 bits per heavy atom. The van der Waals surface area contributed by atoms with Gasteiger partial charge in [0.1, 0.15) is 5.75 Å². The van der Waals surface area contributed by atoms with Crippen molar-refractivity contribution in [1.29, 1.82) is 0 Å². The van der Waals surface area contributed by atoms with Gasteiger partial charge in [-0.1, -0.05) is 0 Å². The average molecular weight is 484 g/mol. The van der Waals surface area contributed by atoms with Gasteiger partial charge in [0.25, 0.3) is 0 Å². The summed E-state index contributed by atoms with van der Waals surface area (Å²) in [6, 6.07) is 4.31. The van der Waals surface area contributed by atoms with Gasteiger partial charge >= 0.3 is 12.5 Å². The second kappa shape index (κ2) is 9.64. The molecule has 3 heterocycles. The van der Waals surface area contributed by atoms with Gasteiger partial charge in [-0.2, -0.15) is 0 Å². The number of carbonyl (C=O) groups excluding carboxylic acids is 2. The standard InChI is InChI=1S/C24H32F3N3O4/c1-3-33-22(32)29-10-6-18(7-11-29)15-28-12-8-23(9-13-28)16-30(17(2)31)21-5-4-19(14-20(21)23)34-24(25,26)27/h4-5,14,18H,3,6-13,15-16H2,1-2H3. The molecular formula is C24H32F3N3O4. The SMILES string of the molecule is CCOC(=O)N1CCC(CN2CCC3(CC2)CN(C(C)=O)c2ccc(OC(F)(F)F)cc23)CC1. The molecule has 0 saturated carbocycles. The van der Waals surface area contributed by atoms with Crippen molar-refractivity contribution in [3.05, 3.63) is 23.8 Å². The summed E-state index contributed by atoms with van der Waals surface area (Å²) in [7, 11) is 0. The first-order chi connectivity index (χ1) is 16.1. The van der Waals surface area contributed by atoms with Crippen LogP contribution in [0.25, 0.3) is 0 Å². The Balaban J connectivity index is 1.39. The highest BCUT2D eigenvalue weighted by molar-refractivity contribution is 5.95. The number of rotatable bonds is 4. The third-order valence-electron chi connectivity index (χ3n) is 7.37. The normalized spacial score (nSPS) is 21.0. The lowest BCUT2D eigenvalue weighted by Gasteiger charge is -2.42. The molecule has 1 aromatic rings. The molecule has 0 unspecified atom stereocenters. The van der Waals surface area contributed by atoms with Gasteiger partial charge in [0, 0.05) is 44.2 Å². The summed E-state index contributed by atoms with van der Waals surface area (Å²) in [5.74, 6) is 0.140. The van der Waals surface area contributed by atoms with E-state index in [2.05, 4.69) is 9.64 Å². The number of carbonyl (C=O) groups is 2. The predicted octanol–water partition coefficient (Wildman–Crippen LogP) is 4.15. The molecule has 4 rings (SSSR count). The Morgan fingerprint density at radius 2 is 1.79 bits per heavy atom. The minimum atomic E-state index is -4.76. The maximum Gasteiger partial charge on any atom is 0.573 e. The van der Waals surface area contributed by atoms with E-state index < -0.39 is 6.36 Å². The van der Waals surface area contributed by atoms with Crippen molar-refractivity contribution < 1.29 is 32.2 Å². The zero-order valence-electron chi connectivity index (χ0n) is 19.7. The number of alkyl halides is 3. The van der Waals surface area contributed by atoms with Crippen molar-refractivity contribution in [2.75, 3.05) is 50.8 Å². The maximum absolute atomic E-state index is 12.8. The fourth-order valence-electron chi connectivity index (χ4n) is 5.60. The van der Waals surface area contributed by atoms with E-state index in [4.69, 9.17) is 4.74 Å². The van der Waals surface area contributed by atoms with Crippen molar-refractivity contribution in [1.82, 2.24) is 9.80 Å². The largest absolute Gasteiger partial charge is 0.573 e. The summed E-state index contributed by atoms with van der Waals surface area (Å²) in [4.78, 5) is 30.0. The van der Waals surface area contributed by atoms with Crippen LogP contribution in [0.3, 0.4) is 0 Å². The molecule has 1 aromatic carbocycles. The van der Waals surface area contributed by atoms with Crippen molar-refractivity contribution in [2.24, 2.45) is 5.92 Å². The van der Waals surface area contributed by atoms with Crippen molar-refractivity contribution >= 4 is 17.7 Å². The third kappa shape index (κ3) is 5.26. The molecule has 2 fully saturated rings. The summed E-state index contributed by atoms with van der Waals surface area (Å²) in [6.45, 7) is 8.11. The van der Waals surface area contributed by atoms with Gasteiger partial charge in [0.2, 0.25) is 5.91 Å². The van der Waals surface area contributed by atoms with Gasteiger partial charge in [-0.25, -0.2) is 4.79 Å². The van der Waals surface area contributed by atoms with Gasteiger partial charge in [-0.05, 0) is 75.4 Å². The highest BCUT2D eigenvalue weighted by Crippen LogP contribution is 2.48. The molecule has 3 aliphatic rings. The summed E-state index contributed by atoms with van der Waals surface area (Å²) in [6.07, 6.45) is -1.61. The Hall–Kier alpha value is -2.49. The zero-order chi connectivity index (χ0) is 24.5. The maximum atomic E-state index is 12.8. The van der Waals surface area contributed by atoms with E-state index in [1.807, 2.05) is 0 Å². The number of piperidine rings is 2. The molecule has 2 saturated heterocycles. The van der Waals surface area contributed by atoms with Crippen molar-refractivity contribution in [3.8, 4) is 5.75 Å². The summed E-state index contributed by atoms with van der Waals surface area (Å²) < 4.78 is 47.6. The van der Waals surface area contributed by atoms with E-state index >= 15 is 0 Å². The van der Waals surface area contributed by atoms with Gasteiger partial charge in [0.15, 0.2) is 0 Å². The highest BCUT2D eigenvalue weighted by atomic mass is 19.4. The van der Waals surface area contributed by atoms with Crippen LogP contribution in [0, 0.1) is 5.92 Å². The Labute approximate surface area is 197 Å². The third-order valence-corrected chi connectivity index (χ3v) is 7.37. The van der Waals surface area contributed by atoms with E-state index in [9.17, 15) is 22.8 Å². The van der Waals surface area contributed by atoms with Crippen LogP contribution in [0.5, 0.6) is 5.75 Å². The second-order valence-corrected chi connectivity index (χ2v) is 9.54. The smallest absolute Gasteiger partial charge is 0.450 e. The topological polar surface area (TPSA) is 62.3 Å². The first-order valence-corrected chi connectivity index (χ1v) is 11.9. The minimum Gasteiger partial charge on any atom is -0.450 e. The number of amides is 2. The van der Waals surface area contributed by atoms with Crippen LogP contribution in [0.2, 0.25) is 0 Å². The number of fused-ring (bicyclic) bond motifs is 2. The Kier molecular flexibility index (Phi) is 6.98. The van der Waals surface area contributed by atoms with Crippen LogP contribution < -0.4 is 9.64 Å². The average Bonchev–Trinajstić information content (AvgIpc) is 3.09. The van der Waals surface area contributed by atoms with Crippen LogP contribution in [0.15, 0.2) is 18.2 Å². The number of anilines is 1. The van der Waals surface area contributed by atoms with Gasteiger partial charge < -0.3 is 24.2 Å². The summed E-state index contributed by atoms with van der Waals surface area (Å²) >= 11 is 0.